The van der Waals surface area contributed by atoms with E-state index in [0.717, 1.165) is 41.7 Å². The summed E-state index contributed by atoms with van der Waals surface area (Å²) in [4.78, 5) is 23.4. The van der Waals surface area contributed by atoms with Gasteiger partial charge in [0, 0.05) is 16.8 Å². The molecule has 2 heterocycles. The van der Waals surface area contributed by atoms with Crippen molar-refractivity contribution in [1.82, 2.24) is 9.97 Å². The molecule has 1 fully saturated rings. The Kier molecular flexibility index (Phi) is 5.62. The van der Waals surface area contributed by atoms with E-state index in [-0.39, 0.29) is 11.9 Å². The molecule has 2 aliphatic rings. The number of carbonyl (C=O) groups excluding carboxylic acids is 1. The zero-order valence-corrected chi connectivity index (χ0v) is 17.7. The molecule has 150 valence electrons. The Morgan fingerprint density at radius 2 is 2.07 bits per heavy atom. The van der Waals surface area contributed by atoms with Crippen molar-refractivity contribution >= 4 is 39.6 Å². The van der Waals surface area contributed by atoms with Crippen molar-refractivity contribution in [2.45, 2.75) is 56.9 Å². The molecule has 0 saturated heterocycles. The van der Waals surface area contributed by atoms with E-state index in [1.165, 1.54) is 30.4 Å². The Morgan fingerprint density at radius 1 is 1.29 bits per heavy atom. The number of anilines is 1. The van der Waals surface area contributed by atoms with E-state index < -0.39 is 0 Å². The van der Waals surface area contributed by atoms with Crippen molar-refractivity contribution in [2.24, 2.45) is 5.92 Å². The minimum atomic E-state index is -0.140. The molecule has 0 aromatic carbocycles. The van der Waals surface area contributed by atoms with Crippen molar-refractivity contribution in [1.29, 1.82) is 0 Å². The number of hydrogen-bond acceptors (Lipinski definition) is 6. The SMILES string of the molecule is COC(=O)CC1CCc2sc3ncnc(NC4CCC(C=[N+](C)C)CC4)c3c21. The smallest absolute Gasteiger partial charge is 0.306 e. The van der Waals surface area contributed by atoms with Crippen molar-refractivity contribution in [3.05, 3.63) is 16.8 Å². The number of carbonyl (C=O) groups is 1. The topological polar surface area (TPSA) is 67.1 Å². The van der Waals surface area contributed by atoms with E-state index >= 15 is 0 Å². The molecule has 6 nitrogen and oxygen atoms in total. The third kappa shape index (κ3) is 3.90. The summed E-state index contributed by atoms with van der Waals surface area (Å²) in [5.41, 5.74) is 1.28. The molecule has 2 aromatic rings. The van der Waals surface area contributed by atoms with E-state index in [1.807, 2.05) is 0 Å². The van der Waals surface area contributed by atoms with E-state index in [4.69, 9.17) is 4.74 Å². The van der Waals surface area contributed by atoms with Gasteiger partial charge in [-0.1, -0.05) is 0 Å². The summed E-state index contributed by atoms with van der Waals surface area (Å²) >= 11 is 1.75. The van der Waals surface area contributed by atoms with Crippen LogP contribution in [0.3, 0.4) is 0 Å². The van der Waals surface area contributed by atoms with Crippen LogP contribution < -0.4 is 5.32 Å². The quantitative estimate of drug-likeness (QED) is 0.471. The van der Waals surface area contributed by atoms with Gasteiger partial charge in [-0.2, -0.15) is 0 Å². The number of nitrogens with one attached hydrogen (secondary N) is 1. The molecule has 4 rings (SSSR count). The molecule has 2 aliphatic carbocycles. The zero-order valence-electron chi connectivity index (χ0n) is 16.9. The summed E-state index contributed by atoms with van der Waals surface area (Å²) in [5.74, 6) is 1.69. The number of thiophene rings is 1. The third-order valence-corrected chi connectivity index (χ3v) is 7.17. The van der Waals surface area contributed by atoms with Gasteiger partial charge in [0.05, 0.1) is 18.9 Å². The van der Waals surface area contributed by atoms with Gasteiger partial charge in [0.2, 0.25) is 0 Å². The fraction of sp³-hybridized carbons (Fsp3) is 0.619. The number of aromatic nitrogens is 2. The number of esters is 1. The number of fused-ring (bicyclic) bond motifs is 3. The fourth-order valence-electron chi connectivity index (χ4n) is 4.69. The Balaban J connectivity index is 1.56. The second-order valence-electron chi connectivity index (χ2n) is 8.23. The maximum atomic E-state index is 11.9. The predicted octanol–water partition coefficient (Wildman–Crippen LogP) is 3.60. The van der Waals surface area contributed by atoms with Crippen molar-refractivity contribution in [3.63, 3.8) is 0 Å². The average molecular weight is 402 g/mol. The van der Waals surface area contributed by atoms with E-state index in [2.05, 4.69) is 40.2 Å². The Morgan fingerprint density at radius 3 is 2.79 bits per heavy atom. The molecule has 0 radical (unpaired) electrons. The summed E-state index contributed by atoms with van der Waals surface area (Å²) in [6.07, 6.45) is 11.2. The molecule has 0 spiro atoms. The lowest BCUT2D eigenvalue weighted by Crippen LogP contribution is -2.28. The monoisotopic (exact) mass is 401 g/mol. The van der Waals surface area contributed by atoms with Crippen LogP contribution in [0.4, 0.5) is 5.82 Å². The first-order chi connectivity index (χ1) is 13.5. The van der Waals surface area contributed by atoms with Gasteiger partial charge in [-0.25, -0.2) is 14.5 Å². The minimum Gasteiger partial charge on any atom is -0.469 e. The molecule has 28 heavy (non-hydrogen) atoms. The Bertz CT molecular complexity index is 895. The lowest BCUT2D eigenvalue weighted by Gasteiger charge is -2.27. The number of methoxy groups -OCH3 is 1. The molecule has 2 aromatic heterocycles. The van der Waals surface area contributed by atoms with Crippen LogP contribution in [-0.2, 0) is 16.0 Å². The summed E-state index contributed by atoms with van der Waals surface area (Å²) < 4.78 is 7.09. The average Bonchev–Trinajstić information content (AvgIpc) is 3.23. The lowest BCUT2D eigenvalue weighted by atomic mass is 9.86. The maximum Gasteiger partial charge on any atom is 0.306 e. The molecule has 1 saturated carbocycles. The molecule has 7 heteroatoms. The number of hydrogen-bond donors (Lipinski definition) is 1. The third-order valence-electron chi connectivity index (χ3n) is 5.99. The number of ether oxygens (including phenoxy) is 1. The van der Waals surface area contributed by atoms with Crippen LogP contribution in [0.2, 0.25) is 0 Å². The van der Waals surface area contributed by atoms with E-state index in [9.17, 15) is 4.79 Å². The fourth-order valence-corrected chi connectivity index (χ4v) is 5.93. The van der Waals surface area contributed by atoms with Crippen LogP contribution in [0.15, 0.2) is 6.33 Å². The molecule has 0 bridgehead atoms. The van der Waals surface area contributed by atoms with Crippen molar-refractivity contribution < 1.29 is 14.1 Å². The number of rotatable bonds is 5. The first-order valence-corrected chi connectivity index (χ1v) is 11.0. The largest absolute Gasteiger partial charge is 0.469 e. The summed E-state index contributed by atoms with van der Waals surface area (Å²) in [6.45, 7) is 0. The van der Waals surface area contributed by atoms with Gasteiger partial charge in [0.1, 0.15) is 37.3 Å². The normalized spacial score (nSPS) is 24.0. The summed E-state index contributed by atoms with van der Waals surface area (Å²) in [7, 11) is 5.66. The molecule has 1 N–H and O–H groups in total. The Hall–Kier alpha value is -2.02. The Labute approximate surface area is 170 Å². The van der Waals surface area contributed by atoms with Crippen molar-refractivity contribution in [2.75, 3.05) is 26.5 Å². The summed E-state index contributed by atoms with van der Waals surface area (Å²) in [6, 6.07) is 0.445. The highest BCUT2D eigenvalue weighted by Crippen LogP contribution is 2.46. The minimum absolute atomic E-state index is 0.140. The van der Waals surface area contributed by atoms with Crippen LogP contribution in [0.5, 0.6) is 0 Å². The highest BCUT2D eigenvalue weighted by atomic mass is 32.1. The molecular weight excluding hydrogens is 372 g/mol. The molecule has 0 amide bonds. The standard InChI is InChI=1S/C21H29N4O2S/c1-25(2)11-13-4-7-15(8-5-13)24-20-19-18-14(10-17(26)27-3)6-9-16(18)28-21(19)23-12-22-20/h11-15H,4-10H2,1-3H3,(H,22,23,24)/q+1. The van der Waals surface area contributed by atoms with Crippen LogP contribution in [0, 0.1) is 5.92 Å². The van der Waals surface area contributed by atoms with Crippen LogP contribution in [-0.4, -0.2) is 54.0 Å². The second-order valence-corrected chi connectivity index (χ2v) is 9.31. The van der Waals surface area contributed by atoms with Gasteiger partial charge in [0.15, 0.2) is 0 Å². The van der Waals surface area contributed by atoms with Gasteiger partial charge in [-0.05, 0) is 50.0 Å². The van der Waals surface area contributed by atoms with Gasteiger partial charge in [0.25, 0.3) is 0 Å². The van der Waals surface area contributed by atoms with Crippen molar-refractivity contribution in [3.8, 4) is 0 Å². The summed E-state index contributed by atoms with van der Waals surface area (Å²) in [5, 5.41) is 4.85. The van der Waals surface area contributed by atoms with Crippen LogP contribution in [0.1, 0.15) is 54.9 Å². The van der Waals surface area contributed by atoms with Gasteiger partial charge in [-0.15, -0.1) is 11.3 Å². The first kappa shape index (κ1) is 19.3. The number of nitrogens with zero attached hydrogens (tertiary/aromatic N) is 3. The molecule has 1 atom stereocenters. The zero-order chi connectivity index (χ0) is 19.7. The van der Waals surface area contributed by atoms with Gasteiger partial charge >= 0.3 is 5.97 Å². The molecule has 0 aliphatic heterocycles. The number of aryl methyl sites for hydroxylation is 1. The van der Waals surface area contributed by atoms with Gasteiger partial charge < -0.3 is 10.1 Å². The highest BCUT2D eigenvalue weighted by molar-refractivity contribution is 7.19. The first-order valence-electron chi connectivity index (χ1n) is 10.2. The van der Waals surface area contributed by atoms with Crippen LogP contribution >= 0.6 is 11.3 Å². The van der Waals surface area contributed by atoms with E-state index in [0.29, 0.717) is 18.4 Å². The van der Waals surface area contributed by atoms with Crippen LogP contribution in [0.25, 0.3) is 10.2 Å². The molecular formula is C21H29N4O2S+. The maximum absolute atomic E-state index is 11.9. The highest BCUT2D eigenvalue weighted by Gasteiger charge is 2.32. The second kappa shape index (κ2) is 8.15. The van der Waals surface area contributed by atoms with E-state index in [1.54, 1.807) is 17.7 Å². The molecule has 1 unspecified atom stereocenters. The van der Waals surface area contributed by atoms with Gasteiger partial charge in [-0.3, -0.25) is 4.79 Å². The predicted molar refractivity (Wildman–Crippen MR) is 113 cm³/mol. The lowest BCUT2D eigenvalue weighted by molar-refractivity contribution is -0.462.